The minimum absolute atomic E-state index is 1.05. The van der Waals surface area contributed by atoms with Gasteiger partial charge in [-0.3, -0.25) is 9.59 Å². The Hall–Kier alpha value is -1.20. The molecular weight excluding hydrogens is 162 g/mol. The van der Waals surface area contributed by atoms with E-state index in [0.717, 1.165) is 0 Å². The van der Waals surface area contributed by atoms with Crippen molar-refractivity contribution in [1.29, 1.82) is 0 Å². The van der Waals surface area contributed by atoms with Crippen LogP contribution in [0.5, 0.6) is 0 Å². The van der Waals surface area contributed by atoms with Crippen molar-refractivity contribution in [1.82, 2.24) is 0 Å². The number of carboxylic acids is 2. The van der Waals surface area contributed by atoms with Gasteiger partial charge in [0.15, 0.2) is 0 Å². The van der Waals surface area contributed by atoms with Crippen molar-refractivity contribution in [3.05, 3.63) is 0 Å². The lowest BCUT2D eigenvalue weighted by Crippen LogP contribution is -2.24. The smallest absolute Gasteiger partial charge is 0.312 e. The summed E-state index contributed by atoms with van der Waals surface area (Å²) >= 11 is 0. The molecule has 64 valence electrons. The van der Waals surface area contributed by atoms with Gasteiger partial charge in [0.25, 0.3) is 6.43 Å². The first-order chi connectivity index (χ1) is 4.95. The standard InChI is InChI=1S/C5H6F2O4/c6-4(7)2(5(10)11)1-3(8)9/h2,4H,1H2,(H,8,9)(H,10,11). The summed E-state index contributed by atoms with van der Waals surface area (Å²) in [4.78, 5) is 19.8. The van der Waals surface area contributed by atoms with Crippen LogP contribution >= 0.6 is 0 Å². The first-order valence-corrected chi connectivity index (χ1v) is 2.68. The molecule has 0 saturated carbocycles. The molecule has 0 rings (SSSR count). The summed E-state index contributed by atoms with van der Waals surface area (Å²) in [5.41, 5.74) is 0. The Kier molecular flexibility index (Phi) is 3.43. The van der Waals surface area contributed by atoms with Gasteiger partial charge in [0.05, 0.1) is 6.42 Å². The predicted molar refractivity (Wildman–Crippen MR) is 29.4 cm³/mol. The van der Waals surface area contributed by atoms with Gasteiger partial charge in [0.1, 0.15) is 5.92 Å². The molecule has 4 nitrogen and oxygen atoms in total. The molecule has 0 heterocycles. The van der Waals surface area contributed by atoms with Crippen molar-refractivity contribution < 1.29 is 28.6 Å². The molecular formula is C5H6F2O4. The molecule has 0 aromatic carbocycles. The number of aliphatic carboxylic acids is 2. The van der Waals surface area contributed by atoms with Gasteiger partial charge in [-0.25, -0.2) is 8.78 Å². The Labute approximate surface area is 60.4 Å². The van der Waals surface area contributed by atoms with E-state index in [-0.39, 0.29) is 0 Å². The molecule has 11 heavy (non-hydrogen) atoms. The fourth-order valence-corrected chi connectivity index (χ4v) is 0.472. The van der Waals surface area contributed by atoms with Gasteiger partial charge in [0.2, 0.25) is 0 Å². The minimum Gasteiger partial charge on any atom is -0.481 e. The van der Waals surface area contributed by atoms with E-state index in [1.54, 1.807) is 0 Å². The van der Waals surface area contributed by atoms with Crippen LogP contribution < -0.4 is 0 Å². The fourth-order valence-electron chi connectivity index (χ4n) is 0.472. The lowest BCUT2D eigenvalue weighted by Gasteiger charge is -2.06. The topological polar surface area (TPSA) is 74.6 Å². The number of halogens is 2. The van der Waals surface area contributed by atoms with Crippen molar-refractivity contribution in [2.24, 2.45) is 5.92 Å². The van der Waals surface area contributed by atoms with E-state index in [9.17, 15) is 18.4 Å². The third kappa shape index (κ3) is 3.49. The molecule has 0 aromatic heterocycles. The highest BCUT2D eigenvalue weighted by Gasteiger charge is 2.30. The van der Waals surface area contributed by atoms with E-state index in [4.69, 9.17) is 10.2 Å². The van der Waals surface area contributed by atoms with E-state index in [1.165, 1.54) is 0 Å². The summed E-state index contributed by atoms with van der Waals surface area (Å²) < 4.78 is 23.3. The Bertz CT molecular complexity index is 168. The zero-order valence-corrected chi connectivity index (χ0v) is 5.33. The maximum absolute atomic E-state index is 11.7. The van der Waals surface area contributed by atoms with Crippen LogP contribution in [0, 0.1) is 5.92 Å². The third-order valence-electron chi connectivity index (χ3n) is 1.02. The van der Waals surface area contributed by atoms with Gasteiger partial charge < -0.3 is 10.2 Å². The summed E-state index contributed by atoms with van der Waals surface area (Å²) in [7, 11) is 0. The van der Waals surface area contributed by atoms with E-state index < -0.39 is 30.7 Å². The minimum atomic E-state index is -3.14. The molecule has 0 aliphatic heterocycles. The van der Waals surface area contributed by atoms with Crippen molar-refractivity contribution in [3.63, 3.8) is 0 Å². The second-order valence-electron chi connectivity index (χ2n) is 1.88. The van der Waals surface area contributed by atoms with Crippen molar-refractivity contribution >= 4 is 11.9 Å². The van der Waals surface area contributed by atoms with E-state index in [1.807, 2.05) is 0 Å². The second-order valence-corrected chi connectivity index (χ2v) is 1.88. The van der Waals surface area contributed by atoms with Crippen LogP contribution in [0.2, 0.25) is 0 Å². The molecule has 0 fully saturated rings. The van der Waals surface area contributed by atoms with Crippen molar-refractivity contribution in [3.8, 4) is 0 Å². The normalized spacial score (nSPS) is 13.0. The highest BCUT2D eigenvalue weighted by atomic mass is 19.3. The number of hydrogen-bond donors (Lipinski definition) is 2. The Balaban J connectivity index is 4.12. The molecule has 1 atom stereocenters. The first-order valence-electron chi connectivity index (χ1n) is 2.68. The molecule has 0 radical (unpaired) electrons. The summed E-state index contributed by atoms with van der Waals surface area (Å²) in [5.74, 6) is -5.44. The van der Waals surface area contributed by atoms with Crippen LogP contribution in [-0.4, -0.2) is 28.6 Å². The van der Waals surface area contributed by atoms with Gasteiger partial charge in [-0.05, 0) is 0 Å². The van der Waals surface area contributed by atoms with Gasteiger partial charge >= 0.3 is 11.9 Å². The number of carboxylic acid groups (broad SMARTS) is 2. The molecule has 0 spiro atoms. The van der Waals surface area contributed by atoms with Crippen LogP contribution in [0.1, 0.15) is 6.42 Å². The Morgan fingerprint density at radius 2 is 1.73 bits per heavy atom. The van der Waals surface area contributed by atoms with Crippen LogP contribution in [0.25, 0.3) is 0 Å². The number of hydrogen-bond acceptors (Lipinski definition) is 2. The third-order valence-corrected chi connectivity index (χ3v) is 1.02. The Morgan fingerprint density at radius 3 is 1.82 bits per heavy atom. The largest absolute Gasteiger partial charge is 0.481 e. The zero-order chi connectivity index (χ0) is 9.02. The first kappa shape index (κ1) is 9.80. The molecule has 0 bridgehead atoms. The highest BCUT2D eigenvalue weighted by molar-refractivity contribution is 5.78. The second kappa shape index (κ2) is 3.85. The molecule has 2 N–H and O–H groups in total. The maximum atomic E-state index is 11.7. The molecule has 6 heteroatoms. The molecule has 1 unspecified atom stereocenters. The van der Waals surface area contributed by atoms with Crippen LogP contribution in [0.3, 0.4) is 0 Å². The van der Waals surface area contributed by atoms with Crippen LogP contribution in [-0.2, 0) is 9.59 Å². The summed E-state index contributed by atoms with van der Waals surface area (Å²) in [6.45, 7) is 0. The quantitative estimate of drug-likeness (QED) is 0.638. The summed E-state index contributed by atoms with van der Waals surface area (Å²) in [6, 6.07) is 0. The summed E-state index contributed by atoms with van der Waals surface area (Å²) in [5, 5.41) is 16.0. The highest BCUT2D eigenvalue weighted by Crippen LogP contribution is 2.13. The van der Waals surface area contributed by atoms with Crippen LogP contribution in [0.15, 0.2) is 0 Å². The molecule has 0 amide bonds. The van der Waals surface area contributed by atoms with Gasteiger partial charge in [-0.2, -0.15) is 0 Å². The molecule has 0 aromatic rings. The SMILES string of the molecule is O=C(O)CC(C(=O)O)C(F)F. The molecule has 0 aliphatic rings. The Morgan fingerprint density at radius 1 is 1.27 bits per heavy atom. The van der Waals surface area contributed by atoms with E-state index in [0.29, 0.717) is 0 Å². The maximum Gasteiger partial charge on any atom is 0.312 e. The summed E-state index contributed by atoms with van der Waals surface area (Å²) in [6.07, 6.45) is -4.18. The van der Waals surface area contributed by atoms with Gasteiger partial charge in [-0.1, -0.05) is 0 Å². The van der Waals surface area contributed by atoms with Crippen molar-refractivity contribution in [2.75, 3.05) is 0 Å². The fraction of sp³-hybridized carbons (Fsp3) is 0.600. The molecule has 0 aliphatic carbocycles. The average molecular weight is 168 g/mol. The molecule has 0 saturated heterocycles. The number of alkyl halides is 2. The number of carbonyl (C=O) groups is 2. The predicted octanol–water partition coefficient (Wildman–Crippen LogP) is 0.427. The lowest BCUT2D eigenvalue weighted by atomic mass is 10.1. The number of rotatable bonds is 4. The lowest BCUT2D eigenvalue weighted by molar-refractivity contribution is -0.153. The van der Waals surface area contributed by atoms with Gasteiger partial charge in [-0.15, -0.1) is 0 Å². The van der Waals surface area contributed by atoms with Crippen molar-refractivity contribution in [2.45, 2.75) is 12.8 Å². The van der Waals surface area contributed by atoms with E-state index >= 15 is 0 Å². The zero-order valence-electron chi connectivity index (χ0n) is 5.33. The van der Waals surface area contributed by atoms with Crippen LogP contribution in [0.4, 0.5) is 8.78 Å². The van der Waals surface area contributed by atoms with E-state index in [2.05, 4.69) is 0 Å². The van der Waals surface area contributed by atoms with Gasteiger partial charge in [0, 0.05) is 0 Å². The monoisotopic (exact) mass is 168 g/mol. The average Bonchev–Trinajstić information content (AvgIpc) is 1.81.